The van der Waals surface area contributed by atoms with Gasteiger partial charge in [-0.2, -0.15) is 0 Å². The first-order valence-corrected chi connectivity index (χ1v) is 27.5. The Morgan fingerprint density at radius 2 is 0.600 bits per heavy atom. The molecule has 0 heterocycles. The van der Waals surface area contributed by atoms with Crippen molar-refractivity contribution in [1.82, 2.24) is 0 Å². The molecule has 0 spiro atoms. The predicted molar refractivity (Wildman–Crippen MR) is 198 cm³/mol. The first-order chi connectivity index (χ1) is 16.4. The summed E-state index contributed by atoms with van der Waals surface area (Å²) in [6, 6.07) is 36.4. The second kappa shape index (κ2) is 10.3. The summed E-state index contributed by atoms with van der Waals surface area (Å²) < 4.78 is -5.49. The van der Waals surface area contributed by atoms with Crippen molar-refractivity contribution in [3.8, 4) is 0 Å². The number of halogens is 4. The maximum absolute atomic E-state index is 2.94. The average Bonchev–Trinajstić information content (AvgIpc) is 2.79. The summed E-state index contributed by atoms with van der Waals surface area (Å²) in [4.78, 5) is 0. The van der Waals surface area contributed by atoms with Crippen molar-refractivity contribution in [1.29, 1.82) is 0 Å². The molecular formula is C29H30I4P2. The summed E-state index contributed by atoms with van der Waals surface area (Å²) in [5.74, 6) is 1.12. The van der Waals surface area contributed by atoms with Crippen LogP contribution in [0.5, 0.6) is 0 Å². The van der Waals surface area contributed by atoms with Crippen LogP contribution in [0.4, 0.5) is 0 Å². The Labute approximate surface area is 262 Å². The monoisotopic (exact) mass is 948 g/mol. The predicted octanol–water partition coefficient (Wildman–Crippen LogP) is 9.99. The summed E-state index contributed by atoms with van der Waals surface area (Å²) >= 11 is 11.8. The third-order valence-corrected chi connectivity index (χ3v) is 40.1. The average molecular weight is 948 g/mol. The zero-order chi connectivity index (χ0) is 25.5. The molecule has 4 aromatic rings. The van der Waals surface area contributed by atoms with Crippen LogP contribution in [0.3, 0.4) is 0 Å². The van der Waals surface area contributed by atoms with Gasteiger partial charge in [0.2, 0.25) is 0 Å². The third-order valence-electron chi connectivity index (χ3n) is 6.85. The van der Waals surface area contributed by atoms with Crippen molar-refractivity contribution < 1.29 is 0 Å². The summed E-state index contributed by atoms with van der Waals surface area (Å²) in [6.45, 7) is 9.18. The first-order valence-electron chi connectivity index (χ1n) is 11.5. The van der Waals surface area contributed by atoms with Crippen LogP contribution in [0.1, 0.15) is 22.3 Å². The molecule has 0 N–H and O–H groups in total. The first kappa shape index (κ1) is 28.7. The summed E-state index contributed by atoms with van der Waals surface area (Å²) in [5.41, 5.74) is 5.55. The van der Waals surface area contributed by atoms with Crippen LogP contribution in [-0.2, 0) is 0 Å². The van der Waals surface area contributed by atoms with E-state index in [4.69, 9.17) is 0 Å². The van der Waals surface area contributed by atoms with E-state index < -0.39 is 3.78 Å². The van der Waals surface area contributed by atoms with E-state index in [2.05, 4.69) is 213 Å². The van der Waals surface area contributed by atoms with Gasteiger partial charge in [-0.05, 0) is 0 Å². The van der Waals surface area contributed by atoms with Crippen LogP contribution >= 0.6 is 91.9 Å². The molecule has 6 heteroatoms. The van der Waals surface area contributed by atoms with Crippen LogP contribution in [0, 0.1) is 27.7 Å². The van der Waals surface area contributed by atoms with E-state index in [0.717, 1.165) is 5.90 Å². The van der Waals surface area contributed by atoms with Crippen LogP contribution in [-0.4, -0.2) is 5.90 Å². The fraction of sp³-hybridized carbons (Fsp3) is 0.172. The Hall–Kier alpha value is 0.660. The van der Waals surface area contributed by atoms with E-state index in [1.165, 1.54) is 43.5 Å². The van der Waals surface area contributed by atoms with Crippen LogP contribution in [0.15, 0.2) is 97.1 Å². The number of benzene rings is 4. The van der Waals surface area contributed by atoms with Crippen LogP contribution in [0.2, 0.25) is 0 Å². The van der Waals surface area contributed by atoms with Gasteiger partial charge >= 0.3 is 266 Å². The van der Waals surface area contributed by atoms with Gasteiger partial charge in [-0.3, -0.25) is 0 Å². The fourth-order valence-corrected chi connectivity index (χ4v) is 72.2. The normalized spacial score (nSPS) is 14.5. The van der Waals surface area contributed by atoms with Crippen molar-refractivity contribution >= 4 is 113 Å². The minimum atomic E-state index is -2.75. The number of aryl methyl sites for hydroxylation is 4. The molecule has 0 bridgehead atoms. The number of rotatable bonds is 6. The third kappa shape index (κ3) is 5.16. The summed E-state index contributed by atoms with van der Waals surface area (Å²) in [5, 5.41) is 6.05. The van der Waals surface area contributed by atoms with Crippen molar-refractivity contribution in [3.63, 3.8) is 0 Å². The molecule has 0 atom stereocenters. The molecule has 0 aliphatic rings. The van der Waals surface area contributed by atoms with Crippen LogP contribution in [0.25, 0.3) is 0 Å². The molecule has 4 rings (SSSR count). The fourth-order valence-electron chi connectivity index (χ4n) is 5.22. The molecule has 0 nitrogen and oxygen atoms in total. The Morgan fingerprint density at radius 1 is 0.400 bits per heavy atom. The minimum absolute atomic E-state index is 1.12. The summed E-state index contributed by atoms with van der Waals surface area (Å²) in [6.07, 6.45) is 0. The van der Waals surface area contributed by atoms with Crippen molar-refractivity contribution in [2.75, 3.05) is 5.90 Å². The standard InChI is InChI=1S/C29H30I4P2/c1-22-13-5-9-17-26(22)34(30,31,27-18-10-6-14-23(27)2)21-35(32,33,28-19-11-7-15-24(28)3)29-20-12-8-16-25(29)4/h5-20H,21H2,1-4H3. The molecular weight excluding hydrogens is 918 g/mol. The second-order valence-corrected chi connectivity index (χ2v) is 53.4. The molecule has 184 valence electrons. The van der Waals surface area contributed by atoms with Gasteiger partial charge in [0.25, 0.3) is 0 Å². The SMILES string of the molecule is Cc1ccccc1P(I)(I)(CP(I)(I)(c1ccccc1C)c1ccccc1C)c1ccccc1C. The van der Waals surface area contributed by atoms with Crippen molar-refractivity contribution in [2.45, 2.75) is 27.7 Å². The van der Waals surface area contributed by atoms with E-state index in [1.54, 1.807) is 0 Å². The zero-order valence-electron chi connectivity index (χ0n) is 20.4. The molecule has 0 saturated heterocycles. The molecule has 0 aliphatic heterocycles. The topological polar surface area (TPSA) is 0 Å². The maximum atomic E-state index is 2.94. The number of hydrogen-bond acceptors (Lipinski definition) is 0. The Bertz CT molecular complexity index is 1210. The zero-order valence-corrected chi connectivity index (χ0v) is 30.8. The van der Waals surface area contributed by atoms with Crippen molar-refractivity contribution in [2.24, 2.45) is 0 Å². The van der Waals surface area contributed by atoms with Crippen LogP contribution < -0.4 is 21.2 Å². The Balaban J connectivity index is 2.17. The van der Waals surface area contributed by atoms with E-state index in [-0.39, 0.29) is 0 Å². The van der Waals surface area contributed by atoms with E-state index >= 15 is 0 Å². The quantitative estimate of drug-likeness (QED) is 0.134. The van der Waals surface area contributed by atoms with Gasteiger partial charge in [-0.15, -0.1) is 0 Å². The van der Waals surface area contributed by atoms with Gasteiger partial charge in [0, 0.05) is 0 Å². The van der Waals surface area contributed by atoms with Gasteiger partial charge in [-0.25, -0.2) is 0 Å². The Kier molecular flexibility index (Phi) is 8.46. The molecule has 0 radical (unpaired) electrons. The summed E-state index contributed by atoms with van der Waals surface area (Å²) in [7, 11) is 0. The molecule has 4 aromatic carbocycles. The van der Waals surface area contributed by atoms with E-state index in [0.29, 0.717) is 0 Å². The van der Waals surface area contributed by atoms with Crippen molar-refractivity contribution in [3.05, 3.63) is 119 Å². The molecule has 35 heavy (non-hydrogen) atoms. The van der Waals surface area contributed by atoms with Gasteiger partial charge in [0.1, 0.15) is 0 Å². The molecule has 0 amide bonds. The van der Waals surface area contributed by atoms with Gasteiger partial charge in [0.05, 0.1) is 0 Å². The van der Waals surface area contributed by atoms with E-state index in [9.17, 15) is 0 Å². The molecule has 0 aromatic heterocycles. The number of hydrogen-bond donors (Lipinski definition) is 0. The molecule has 0 fully saturated rings. The van der Waals surface area contributed by atoms with E-state index in [1.807, 2.05) is 0 Å². The molecule has 0 unspecified atom stereocenters. The van der Waals surface area contributed by atoms with Gasteiger partial charge in [0.15, 0.2) is 0 Å². The Morgan fingerprint density at radius 3 is 0.800 bits per heavy atom. The van der Waals surface area contributed by atoms with Gasteiger partial charge in [-0.1, -0.05) is 0 Å². The second-order valence-electron chi connectivity index (χ2n) is 9.43. The molecule has 0 aliphatic carbocycles. The van der Waals surface area contributed by atoms with Gasteiger partial charge < -0.3 is 0 Å². The molecule has 0 saturated carbocycles.